The maximum Gasteiger partial charge on any atom is 0.302 e. The summed E-state index contributed by atoms with van der Waals surface area (Å²) in [5.41, 5.74) is 2.48. The van der Waals surface area contributed by atoms with Gasteiger partial charge in [-0.05, 0) is 74.5 Å². The molecule has 4 aliphatic rings. The van der Waals surface area contributed by atoms with Crippen LogP contribution in [0.2, 0.25) is 0 Å². The van der Waals surface area contributed by atoms with Gasteiger partial charge in [-0.15, -0.1) is 0 Å². The maximum atomic E-state index is 11.5. The Labute approximate surface area is 141 Å². The third kappa shape index (κ3) is 2.23. The van der Waals surface area contributed by atoms with Crippen molar-refractivity contribution in [3.63, 3.8) is 0 Å². The van der Waals surface area contributed by atoms with Gasteiger partial charge in [0.25, 0.3) is 0 Å². The Bertz CT molecular complexity index is 536. The van der Waals surface area contributed by atoms with Crippen molar-refractivity contribution in [3.05, 3.63) is 11.6 Å². The molecular formula is C21H32O2. The quantitative estimate of drug-likeness (QED) is 0.486. The summed E-state index contributed by atoms with van der Waals surface area (Å²) in [6.45, 7) is 6.55. The topological polar surface area (TPSA) is 26.3 Å². The molecule has 3 fully saturated rings. The minimum Gasteiger partial charge on any atom is -0.462 e. The molecule has 0 N–H and O–H groups in total. The van der Waals surface area contributed by atoms with E-state index in [4.69, 9.17) is 4.74 Å². The first kappa shape index (κ1) is 15.7. The first-order valence-electron chi connectivity index (χ1n) is 9.82. The smallest absolute Gasteiger partial charge is 0.302 e. The molecule has 23 heavy (non-hydrogen) atoms. The zero-order chi connectivity index (χ0) is 16.2. The van der Waals surface area contributed by atoms with E-state index in [2.05, 4.69) is 19.9 Å². The molecule has 3 saturated carbocycles. The molecule has 0 heterocycles. The van der Waals surface area contributed by atoms with E-state index in [0.29, 0.717) is 5.41 Å². The van der Waals surface area contributed by atoms with Crippen molar-refractivity contribution >= 4 is 5.97 Å². The van der Waals surface area contributed by atoms with E-state index in [0.717, 1.165) is 24.2 Å². The number of carbonyl (C=O) groups excluding carboxylic acids is 1. The van der Waals surface area contributed by atoms with E-state index < -0.39 is 0 Å². The van der Waals surface area contributed by atoms with Crippen LogP contribution in [0, 0.1) is 28.6 Å². The van der Waals surface area contributed by atoms with E-state index in [1.165, 1.54) is 51.4 Å². The maximum absolute atomic E-state index is 11.5. The van der Waals surface area contributed by atoms with Gasteiger partial charge in [0, 0.05) is 12.3 Å². The standard InChI is InChI=1S/C21H32O2/c1-14(22)23-19-10-9-17-16-8-7-15-6-4-5-12-20(15,2)18(16)11-13-21(17,19)3/h7,16-19H,4-6,8-13H2,1-3H3/t16-,17-,18+,19?,20-,21-/m0/s1. The Morgan fingerprint density at radius 2 is 1.96 bits per heavy atom. The Kier molecular flexibility index (Phi) is 3.66. The van der Waals surface area contributed by atoms with Crippen molar-refractivity contribution in [1.82, 2.24) is 0 Å². The zero-order valence-electron chi connectivity index (χ0n) is 15.1. The molecule has 4 rings (SSSR count). The van der Waals surface area contributed by atoms with Gasteiger partial charge in [0.1, 0.15) is 6.10 Å². The first-order valence-corrected chi connectivity index (χ1v) is 9.82. The van der Waals surface area contributed by atoms with E-state index in [9.17, 15) is 4.79 Å². The zero-order valence-corrected chi connectivity index (χ0v) is 15.1. The lowest BCUT2D eigenvalue weighted by Crippen LogP contribution is -2.50. The molecule has 2 heteroatoms. The van der Waals surface area contributed by atoms with Crippen molar-refractivity contribution in [3.8, 4) is 0 Å². The average molecular weight is 316 g/mol. The minimum absolute atomic E-state index is 0.0935. The molecule has 0 amide bonds. The molecule has 6 atom stereocenters. The number of fused-ring (bicyclic) bond motifs is 5. The molecule has 2 nitrogen and oxygen atoms in total. The van der Waals surface area contributed by atoms with Gasteiger partial charge in [-0.2, -0.15) is 0 Å². The van der Waals surface area contributed by atoms with E-state index in [1.54, 1.807) is 12.5 Å². The molecule has 1 unspecified atom stereocenters. The fourth-order valence-corrected chi connectivity index (χ4v) is 7.04. The fourth-order valence-electron chi connectivity index (χ4n) is 7.04. The summed E-state index contributed by atoms with van der Waals surface area (Å²) in [4.78, 5) is 11.5. The molecule has 4 aliphatic carbocycles. The Morgan fingerprint density at radius 1 is 1.13 bits per heavy atom. The Morgan fingerprint density at radius 3 is 2.74 bits per heavy atom. The largest absolute Gasteiger partial charge is 0.462 e. The summed E-state index contributed by atoms with van der Waals surface area (Å²) >= 11 is 0. The minimum atomic E-state index is -0.0935. The predicted molar refractivity (Wildman–Crippen MR) is 91.9 cm³/mol. The highest BCUT2D eigenvalue weighted by molar-refractivity contribution is 5.66. The van der Waals surface area contributed by atoms with Crippen LogP contribution in [0.3, 0.4) is 0 Å². The first-order chi connectivity index (χ1) is 10.9. The van der Waals surface area contributed by atoms with Gasteiger partial charge in [-0.1, -0.05) is 31.9 Å². The van der Waals surface area contributed by atoms with Gasteiger partial charge in [-0.25, -0.2) is 0 Å². The Hall–Kier alpha value is -0.790. The second kappa shape index (κ2) is 5.36. The third-order valence-electron chi connectivity index (χ3n) is 8.24. The number of allylic oxidation sites excluding steroid dienone is 2. The van der Waals surface area contributed by atoms with Gasteiger partial charge in [0.2, 0.25) is 0 Å². The van der Waals surface area contributed by atoms with Crippen LogP contribution in [0.1, 0.15) is 78.6 Å². The van der Waals surface area contributed by atoms with E-state index >= 15 is 0 Å². The van der Waals surface area contributed by atoms with Crippen LogP contribution in [0.15, 0.2) is 11.6 Å². The van der Waals surface area contributed by atoms with Crippen molar-refractivity contribution < 1.29 is 9.53 Å². The lowest BCUT2D eigenvalue weighted by Gasteiger charge is -2.57. The number of rotatable bonds is 1. The molecule has 0 radical (unpaired) electrons. The summed E-state index contributed by atoms with van der Waals surface area (Å²) in [6, 6.07) is 0. The van der Waals surface area contributed by atoms with Gasteiger partial charge in [0.05, 0.1) is 0 Å². The van der Waals surface area contributed by atoms with Crippen LogP contribution in [0.4, 0.5) is 0 Å². The number of carbonyl (C=O) groups is 1. The highest BCUT2D eigenvalue weighted by Gasteiger charge is 2.59. The van der Waals surface area contributed by atoms with Crippen LogP contribution >= 0.6 is 0 Å². The van der Waals surface area contributed by atoms with Crippen LogP contribution in [0.5, 0.6) is 0 Å². The van der Waals surface area contributed by atoms with Gasteiger partial charge in [-0.3, -0.25) is 4.79 Å². The van der Waals surface area contributed by atoms with E-state index in [1.807, 2.05) is 0 Å². The number of esters is 1. The lowest BCUT2D eigenvalue weighted by molar-refractivity contribution is -0.156. The number of ether oxygens (including phenoxy) is 1. The summed E-state index contributed by atoms with van der Waals surface area (Å²) < 4.78 is 5.74. The summed E-state index contributed by atoms with van der Waals surface area (Å²) in [5, 5.41) is 0. The molecule has 0 spiro atoms. The molecule has 0 bridgehead atoms. The fraction of sp³-hybridized carbons (Fsp3) is 0.857. The highest BCUT2D eigenvalue weighted by atomic mass is 16.5. The van der Waals surface area contributed by atoms with E-state index in [-0.39, 0.29) is 17.5 Å². The molecule has 0 saturated heterocycles. The van der Waals surface area contributed by atoms with Crippen LogP contribution in [-0.2, 0) is 9.53 Å². The normalized spacial score (nSPS) is 48.7. The molecule has 0 aliphatic heterocycles. The van der Waals surface area contributed by atoms with Crippen molar-refractivity contribution in [2.45, 2.75) is 84.7 Å². The van der Waals surface area contributed by atoms with Crippen LogP contribution < -0.4 is 0 Å². The SMILES string of the molecule is CC(=O)OC1CC[C@H]2[C@@H]3CC=C4CCCC[C@]4(C)[C@@H]3CC[C@]12C. The summed E-state index contributed by atoms with van der Waals surface area (Å²) in [6.07, 6.45) is 14.5. The third-order valence-corrected chi connectivity index (χ3v) is 8.24. The molecule has 0 aromatic heterocycles. The van der Waals surface area contributed by atoms with Crippen molar-refractivity contribution in [2.75, 3.05) is 0 Å². The highest BCUT2D eigenvalue weighted by Crippen LogP contribution is 2.65. The summed E-state index contributed by atoms with van der Waals surface area (Å²) in [7, 11) is 0. The molecule has 0 aromatic rings. The van der Waals surface area contributed by atoms with Crippen molar-refractivity contribution in [2.24, 2.45) is 28.6 Å². The second-order valence-corrected chi connectivity index (χ2v) is 9.19. The monoisotopic (exact) mass is 316 g/mol. The predicted octanol–water partition coefficient (Wildman–Crippen LogP) is 5.27. The lowest BCUT2D eigenvalue weighted by atomic mass is 9.48. The average Bonchev–Trinajstić information content (AvgIpc) is 2.83. The summed E-state index contributed by atoms with van der Waals surface area (Å²) in [5.74, 6) is 2.35. The second-order valence-electron chi connectivity index (χ2n) is 9.19. The van der Waals surface area contributed by atoms with Crippen LogP contribution in [-0.4, -0.2) is 12.1 Å². The van der Waals surface area contributed by atoms with Gasteiger partial charge in [0.15, 0.2) is 0 Å². The molecule has 0 aromatic carbocycles. The van der Waals surface area contributed by atoms with Gasteiger partial charge >= 0.3 is 5.97 Å². The number of hydrogen-bond donors (Lipinski definition) is 0. The molecular weight excluding hydrogens is 284 g/mol. The number of hydrogen-bond acceptors (Lipinski definition) is 2. The van der Waals surface area contributed by atoms with Crippen LogP contribution in [0.25, 0.3) is 0 Å². The molecule has 128 valence electrons. The van der Waals surface area contributed by atoms with Gasteiger partial charge < -0.3 is 4.74 Å². The Balaban J connectivity index is 1.62. The van der Waals surface area contributed by atoms with Crippen molar-refractivity contribution in [1.29, 1.82) is 0 Å².